The first-order valence-corrected chi connectivity index (χ1v) is 4.20. The van der Waals surface area contributed by atoms with E-state index in [-0.39, 0.29) is 6.07 Å². The number of ether oxygens (including phenoxy) is 1. The fourth-order valence-corrected chi connectivity index (χ4v) is 1.01. The highest BCUT2D eigenvalue weighted by molar-refractivity contribution is 5.89. The zero-order chi connectivity index (χ0) is 13.2. The van der Waals surface area contributed by atoms with E-state index in [1.807, 2.05) is 0 Å². The molecule has 1 rings (SSSR count). The molecule has 0 saturated heterocycles. The van der Waals surface area contributed by atoms with Gasteiger partial charge in [0.1, 0.15) is 5.76 Å². The van der Waals surface area contributed by atoms with Gasteiger partial charge in [0.25, 0.3) is 0 Å². The number of hydrogen-bond donors (Lipinski definition) is 1. The van der Waals surface area contributed by atoms with Gasteiger partial charge in [-0.3, -0.25) is 0 Å². The fraction of sp³-hybridized carbons (Fsp3) is 0.100. The number of hydrogen-bond acceptors (Lipinski definition) is 3. The minimum atomic E-state index is -2.08. The zero-order valence-corrected chi connectivity index (χ0v) is 8.43. The highest BCUT2D eigenvalue weighted by Gasteiger charge is 2.21. The van der Waals surface area contributed by atoms with Crippen LogP contribution in [-0.2, 0) is 9.53 Å². The number of carbonyl (C=O) groups excluding carboxylic acids is 1. The first-order valence-electron chi connectivity index (χ1n) is 4.20. The summed E-state index contributed by atoms with van der Waals surface area (Å²) >= 11 is 0. The summed E-state index contributed by atoms with van der Waals surface area (Å²) in [5, 5.41) is 9.21. The van der Waals surface area contributed by atoms with E-state index < -0.39 is 40.6 Å². The van der Waals surface area contributed by atoms with Crippen molar-refractivity contribution in [1.82, 2.24) is 0 Å². The van der Waals surface area contributed by atoms with Gasteiger partial charge in [0.05, 0.1) is 18.7 Å². The van der Waals surface area contributed by atoms with Crippen molar-refractivity contribution in [2.24, 2.45) is 0 Å². The van der Waals surface area contributed by atoms with Crippen LogP contribution in [0.25, 0.3) is 5.76 Å². The van der Waals surface area contributed by atoms with Gasteiger partial charge < -0.3 is 9.84 Å². The van der Waals surface area contributed by atoms with E-state index >= 15 is 0 Å². The topological polar surface area (TPSA) is 46.5 Å². The third kappa shape index (κ3) is 2.55. The van der Waals surface area contributed by atoms with E-state index in [2.05, 4.69) is 4.74 Å². The molecule has 0 heterocycles. The summed E-state index contributed by atoms with van der Waals surface area (Å²) in [6, 6.07) is 0.225. The van der Waals surface area contributed by atoms with Crippen molar-refractivity contribution in [3.05, 3.63) is 41.0 Å². The number of halogens is 4. The van der Waals surface area contributed by atoms with Crippen molar-refractivity contribution in [1.29, 1.82) is 0 Å². The van der Waals surface area contributed by atoms with Gasteiger partial charge in [-0.1, -0.05) is 0 Å². The molecule has 17 heavy (non-hydrogen) atoms. The third-order valence-electron chi connectivity index (χ3n) is 1.83. The van der Waals surface area contributed by atoms with Crippen LogP contribution in [0.2, 0.25) is 0 Å². The van der Waals surface area contributed by atoms with Gasteiger partial charge in [-0.15, -0.1) is 0 Å². The van der Waals surface area contributed by atoms with Crippen molar-refractivity contribution in [3.8, 4) is 0 Å². The number of methoxy groups -OCH3 is 1. The van der Waals surface area contributed by atoms with E-state index in [9.17, 15) is 27.5 Å². The molecule has 0 aliphatic carbocycles. The second-order valence-electron chi connectivity index (χ2n) is 2.90. The molecule has 0 aromatic heterocycles. The summed E-state index contributed by atoms with van der Waals surface area (Å²) in [4.78, 5) is 10.7. The molecule has 0 aliphatic rings. The van der Waals surface area contributed by atoms with Crippen LogP contribution >= 0.6 is 0 Å². The second kappa shape index (κ2) is 4.86. The van der Waals surface area contributed by atoms with Gasteiger partial charge in [-0.05, 0) is 6.07 Å². The Kier molecular flexibility index (Phi) is 3.72. The Hall–Kier alpha value is -2.05. The Labute approximate surface area is 92.9 Å². The normalized spacial score (nSPS) is 11.5. The molecule has 0 radical (unpaired) electrons. The quantitative estimate of drug-likeness (QED) is 0.219. The average Bonchev–Trinajstić information content (AvgIpc) is 2.30. The molecule has 7 heteroatoms. The Bertz CT molecular complexity index is 497. The summed E-state index contributed by atoms with van der Waals surface area (Å²) in [5.74, 6) is -9.72. The molecule has 92 valence electrons. The van der Waals surface area contributed by atoms with Gasteiger partial charge >= 0.3 is 5.97 Å². The maximum absolute atomic E-state index is 13.1. The third-order valence-corrected chi connectivity index (χ3v) is 1.83. The molecular weight excluding hydrogens is 244 g/mol. The van der Waals surface area contributed by atoms with E-state index in [4.69, 9.17) is 0 Å². The Balaban J connectivity index is 3.33. The lowest BCUT2D eigenvalue weighted by Gasteiger charge is -2.04. The number of rotatable bonds is 2. The molecule has 0 atom stereocenters. The van der Waals surface area contributed by atoms with E-state index in [1.165, 1.54) is 0 Å². The predicted octanol–water partition coefficient (Wildman–Crippen LogP) is 2.31. The molecule has 0 aliphatic heterocycles. The summed E-state index contributed by atoms with van der Waals surface area (Å²) < 4.78 is 55.4. The van der Waals surface area contributed by atoms with Crippen LogP contribution in [0.5, 0.6) is 0 Å². The number of esters is 1. The van der Waals surface area contributed by atoms with Crippen LogP contribution in [-0.4, -0.2) is 18.2 Å². The van der Waals surface area contributed by atoms with E-state index in [0.29, 0.717) is 6.08 Å². The molecule has 3 nitrogen and oxygen atoms in total. The predicted molar refractivity (Wildman–Crippen MR) is 48.9 cm³/mol. The zero-order valence-electron chi connectivity index (χ0n) is 8.43. The molecule has 1 aromatic rings. The van der Waals surface area contributed by atoms with Gasteiger partial charge in [0.15, 0.2) is 23.3 Å². The average molecular weight is 250 g/mol. The van der Waals surface area contributed by atoms with Gasteiger partial charge in [0, 0.05) is 0 Å². The lowest BCUT2D eigenvalue weighted by atomic mass is 10.1. The number of aliphatic hydroxyl groups is 1. The Morgan fingerprint density at radius 1 is 1.24 bits per heavy atom. The smallest absolute Gasteiger partial charge is 0.334 e. The number of aliphatic hydroxyl groups excluding tert-OH is 1. The SMILES string of the molecule is COC(=O)C=C(O)c1cc(F)c(F)c(F)c1F. The van der Waals surface area contributed by atoms with Gasteiger partial charge in [-0.2, -0.15) is 0 Å². The standard InChI is InChI=1S/C10H6F4O3/c1-17-7(16)3-6(15)4-2-5(11)9(13)10(14)8(4)12/h2-3,15H,1H3. The van der Waals surface area contributed by atoms with Crippen LogP contribution in [0.15, 0.2) is 12.1 Å². The largest absolute Gasteiger partial charge is 0.507 e. The first-order chi connectivity index (χ1) is 7.88. The van der Waals surface area contributed by atoms with Crippen LogP contribution in [0.1, 0.15) is 5.56 Å². The van der Waals surface area contributed by atoms with Crippen LogP contribution in [0, 0.1) is 23.3 Å². The fourth-order valence-electron chi connectivity index (χ4n) is 1.01. The van der Waals surface area contributed by atoms with E-state index in [0.717, 1.165) is 7.11 Å². The maximum Gasteiger partial charge on any atom is 0.334 e. The Morgan fingerprint density at radius 2 is 1.82 bits per heavy atom. The maximum atomic E-state index is 13.1. The minimum absolute atomic E-state index is 0.225. The number of benzene rings is 1. The van der Waals surface area contributed by atoms with Crippen LogP contribution in [0.4, 0.5) is 17.6 Å². The van der Waals surface area contributed by atoms with Gasteiger partial charge in [-0.25, -0.2) is 22.4 Å². The molecule has 1 N–H and O–H groups in total. The van der Waals surface area contributed by atoms with Gasteiger partial charge in [0.2, 0.25) is 0 Å². The summed E-state index contributed by atoms with van der Waals surface area (Å²) in [5.41, 5.74) is -0.980. The van der Waals surface area contributed by atoms with Crippen LogP contribution in [0.3, 0.4) is 0 Å². The number of carbonyl (C=O) groups is 1. The van der Waals surface area contributed by atoms with Crippen molar-refractivity contribution in [2.45, 2.75) is 0 Å². The molecule has 0 amide bonds. The lowest BCUT2D eigenvalue weighted by Crippen LogP contribution is -2.03. The van der Waals surface area contributed by atoms with Crippen molar-refractivity contribution in [3.63, 3.8) is 0 Å². The first kappa shape index (κ1) is 13.0. The molecule has 0 bridgehead atoms. The Morgan fingerprint density at radius 3 is 2.35 bits per heavy atom. The molecule has 0 unspecified atom stereocenters. The van der Waals surface area contributed by atoms with E-state index in [1.54, 1.807) is 0 Å². The second-order valence-corrected chi connectivity index (χ2v) is 2.90. The summed E-state index contributed by atoms with van der Waals surface area (Å²) in [6.07, 6.45) is 0.398. The molecule has 0 saturated carbocycles. The highest BCUT2D eigenvalue weighted by Crippen LogP contribution is 2.23. The molecular formula is C10H6F4O3. The molecule has 0 fully saturated rings. The molecule has 1 aromatic carbocycles. The highest BCUT2D eigenvalue weighted by atomic mass is 19.2. The summed E-state index contributed by atoms with van der Waals surface area (Å²) in [7, 11) is 0.980. The van der Waals surface area contributed by atoms with Crippen LogP contribution < -0.4 is 0 Å². The van der Waals surface area contributed by atoms with Crippen molar-refractivity contribution >= 4 is 11.7 Å². The summed E-state index contributed by atoms with van der Waals surface area (Å²) in [6.45, 7) is 0. The van der Waals surface area contributed by atoms with Crippen molar-refractivity contribution in [2.75, 3.05) is 7.11 Å². The monoisotopic (exact) mass is 250 g/mol. The minimum Gasteiger partial charge on any atom is -0.507 e. The lowest BCUT2D eigenvalue weighted by molar-refractivity contribution is -0.134. The van der Waals surface area contributed by atoms with Crippen molar-refractivity contribution < 1.29 is 32.2 Å². The molecule has 0 spiro atoms.